The summed E-state index contributed by atoms with van der Waals surface area (Å²) in [5.41, 5.74) is 0.740. The topological polar surface area (TPSA) is 109 Å². The number of hydrogen-bond acceptors (Lipinski definition) is 5. The molecule has 0 saturated carbocycles. The quantitative estimate of drug-likeness (QED) is 0.850. The second-order valence-corrected chi connectivity index (χ2v) is 5.84. The zero-order valence-corrected chi connectivity index (χ0v) is 14.2. The van der Waals surface area contributed by atoms with E-state index in [-0.39, 0.29) is 17.4 Å². The second-order valence-electron chi connectivity index (χ2n) is 5.84. The molecule has 1 fully saturated rings. The van der Waals surface area contributed by atoms with Crippen LogP contribution in [0, 0.1) is 0 Å². The van der Waals surface area contributed by atoms with Crippen molar-refractivity contribution < 1.29 is 28.6 Å². The van der Waals surface area contributed by atoms with Gasteiger partial charge in [0.15, 0.2) is 5.76 Å². The summed E-state index contributed by atoms with van der Waals surface area (Å²) in [4.78, 5) is 37.4. The van der Waals surface area contributed by atoms with Crippen LogP contribution in [0.25, 0.3) is 0 Å². The van der Waals surface area contributed by atoms with E-state index >= 15 is 0 Å². The first-order chi connectivity index (χ1) is 12.5. The molecule has 2 amide bonds. The van der Waals surface area contributed by atoms with Crippen molar-refractivity contribution in [1.82, 2.24) is 4.90 Å². The van der Waals surface area contributed by atoms with Crippen molar-refractivity contribution in [3.05, 3.63) is 47.4 Å². The normalized spacial score (nSPS) is 13.5. The molecule has 1 aromatic heterocycles. The van der Waals surface area contributed by atoms with Crippen LogP contribution < -0.4 is 10.1 Å². The Morgan fingerprint density at radius 1 is 1.12 bits per heavy atom. The van der Waals surface area contributed by atoms with E-state index in [1.807, 2.05) is 0 Å². The van der Waals surface area contributed by atoms with Gasteiger partial charge in [-0.05, 0) is 43.2 Å². The van der Waals surface area contributed by atoms with Gasteiger partial charge in [0.2, 0.25) is 5.76 Å². The smallest absolute Gasteiger partial charge is 0.371 e. The van der Waals surface area contributed by atoms with E-state index in [0.717, 1.165) is 25.9 Å². The maximum absolute atomic E-state index is 12.5. The maximum Gasteiger partial charge on any atom is 0.371 e. The molecule has 0 bridgehead atoms. The van der Waals surface area contributed by atoms with Crippen molar-refractivity contribution >= 4 is 23.5 Å². The molecular formula is C18H18N2O6. The van der Waals surface area contributed by atoms with Gasteiger partial charge in [0.25, 0.3) is 11.8 Å². The van der Waals surface area contributed by atoms with Crippen LogP contribution in [0.1, 0.15) is 44.3 Å². The van der Waals surface area contributed by atoms with Crippen LogP contribution in [0.4, 0.5) is 5.69 Å². The molecule has 0 spiro atoms. The Bertz CT molecular complexity index is 851. The number of rotatable bonds is 5. The van der Waals surface area contributed by atoms with E-state index in [2.05, 4.69) is 5.32 Å². The summed E-state index contributed by atoms with van der Waals surface area (Å²) in [6, 6.07) is 7.25. The summed E-state index contributed by atoms with van der Waals surface area (Å²) < 4.78 is 10.2. The Morgan fingerprint density at radius 2 is 1.81 bits per heavy atom. The van der Waals surface area contributed by atoms with Crippen molar-refractivity contribution in [1.29, 1.82) is 0 Å². The third-order valence-corrected chi connectivity index (χ3v) is 4.13. The maximum atomic E-state index is 12.5. The fourth-order valence-electron chi connectivity index (χ4n) is 2.80. The van der Waals surface area contributed by atoms with Gasteiger partial charge in [0.1, 0.15) is 5.75 Å². The standard InChI is InChI=1S/C18H18N2O6/c1-25-13-5-4-11(17(22)20-8-2-3-9-20)10-12(13)19-16(21)14-6-7-15(26-14)18(23)24/h4-7,10H,2-3,8-9H2,1H3,(H,19,21)(H,23,24). The minimum absolute atomic E-state index is 0.105. The second kappa shape index (κ2) is 7.30. The molecule has 2 N–H and O–H groups in total. The summed E-state index contributed by atoms with van der Waals surface area (Å²) in [6.45, 7) is 1.44. The van der Waals surface area contributed by atoms with Gasteiger partial charge < -0.3 is 24.5 Å². The van der Waals surface area contributed by atoms with Crippen LogP contribution in [0.5, 0.6) is 5.75 Å². The molecule has 0 aliphatic carbocycles. The van der Waals surface area contributed by atoms with Gasteiger partial charge >= 0.3 is 5.97 Å². The molecular weight excluding hydrogens is 340 g/mol. The largest absolute Gasteiger partial charge is 0.495 e. The molecule has 8 nitrogen and oxygen atoms in total. The molecule has 1 aromatic carbocycles. The van der Waals surface area contributed by atoms with E-state index in [0.29, 0.717) is 17.0 Å². The summed E-state index contributed by atoms with van der Waals surface area (Å²) in [5.74, 6) is -2.12. The minimum atomic E-state index is -1.26. The Kier molecular flexibility index (Phi) is 4.92. The van der Waals surface area contributed by atoms with Crippen LogP contribution in [-0.4, -0.2) is 48.0 Å². The van der Waals surface area contributed by atoms with Crippen molar-refractivity contribution in [3.8, 4) is 5.75 Å². The Hall–Kier alpha value is -3.29. The van der Waals surface area contributed by atoms with Gasteiger partial charge in [-0.1, -0.05) is 0 Å². The number of hydrogen-bond donors (Lipinski definition) is 2. The number of furan rings is 1. The average molecular weight is 358 g/mol. The van der Waals surface area contributed by atoms with E-state index in [4.69, 9.17) is 14.3 Å². The number of nitrogens with one attached hydrogen (secondary N) is 1. The molecule has 0 radical (unpaired) electrons. The number of anilines is 1. The van der Waals surface area contributed by atoms with E-state index in [1.165, 1.54) is 19.2 Å². The third kappa shape index (κ3) is 3.53. The first-order valence-electron chi connectivity index (χ1n) is 8.11. The predicted molar refractivity (Wildman–Crippen MR) is 91.8 cm³/mol. The first kappa shape index (κ1) is 17.5. The molecule has 1 saturated heterocycles. The number of nitrogens with zero attached hydrogens (tertiary/aromatic N) is 1. The van der Waals surface area contributed by atoms with Crippen LogP contribution in [-0.2, 0) is 0 Å². The number of amides is 2. The van der Waals surface area contributed by atoms with Gasteiger partial charge in [-0.3, -0.25) is 9.59 Å². The molecule has 136 valence electrons. The lowest BCUT2D eigenvalue weighted by atomic mass is 10.1. The lowest BCUT2D eigenvalue weighted by molar-refractivity contribution is 0.0659. The molecule has 1 aliphatic heterocycles. The Balaban J connectivity index is 1.82. The molecule has 1 aliphatic rings. The highest BCUT2D eigenvalue weighted by Crippen LogP contribution is 2.27. The Labute approximate surface area is 149 Å². The highest BCUT2D eigenvalue weighted by atomic mass is 16.5. The highest BCUT2D eigenvalue weighted by molar-refractivity contribution is 6.05. The number of carboxylic acid groups (broad SMARTS) is 1. The summed E-state index contributed by atoms with van der Waals surface area (Å²) >= 11 is 0. The lowest BCUT2D eigenvalue weighted by Gasteiger charge is -2.17. The van der Waals surface area contributed by atoms with E-state index in [9.17, 15) is 14.4 Å². The highest BCUT2D eigenvalue weighted by Gasteiger charge is 2.22. The number of ether oxygens (including phenoxy) is 1. The summed E-state index contributed by atoms with van der Waals surface area (Å²) in [5, 5.41) is 11.5. The summed E-state index contributed by atoms with van der Waals surface area (Å²) in [7, 11) is 1.45. The van der Waals surface area contributed by atoms with Crippen LogP contribution in [0.2, 0.25) is 0 Å². The fraction of sp³-hybridized carbons (Fsp3) is 0.278. The van der Waals surface area contributed by atoms with Crippen molar-refractivity contribution in [3.63, 3.8) is 0 Å². The van der Waals surface area contributed by atoms with Gasteiger partial charge in [-0.25, -0.2) is 4.79 Å². The average Bonchev–Trinajstić information content (AvgIpc) is 3.32. The van der Waals surface area contributed by atoms with Crippen LogP contribution in [0.3, 0.4) is 0 Å². The zero-order valence-electron chi connectivity index (χ0n) is 14.2. The van der Waals surface area contributed by atoms with Crippen molar-refractivity contribution in [2.24, 2.45) is 0 Å². The number of likely N-dealkylation sites (tertiary alicyclic amines) is 1. The van der Waals surface area contributed by atoms with Crippen molar-refractivity contribution in [2.75, 3.05) is 25.5 Å². The molecule has 0 atom stereocenters. The van der Waals surface area contributed by atoms with Crippen LogP contribution >= 0.6 is 0 Å². The summed E-state index contributed by atoms with van der Waals surface area (Å²) in [6.07, 6.45) is 1.96. The van der Waals surface area contributed by atoms with Crippen molar-refractivity contribution in [2.45, 2.75) is 12.8 Å². The number of methoxy groups -OCH3 is 1. The number of carboxylic acids is 1. The zero-order chi connectivity index (χ0) is 18.7. The number of carbonyl (C=O) groups excluding carboxylic acids is 2. The Morgan fingerprint density at radius 3 is 2.42 bits per heavy atom. The number of benzene rings is 1. The molecule has 0 unspecified atom stereocenters. The fourth-order valence-corrected chi connectivity index (χ4v) is 2.80. The van der Waals surface area contributed by atoms with E-state index < -0.39 is 11.9 Å². The van der Waals surface area contributed by atoms with Gasteiger partial charge in [-0.2, -0.15) is 0 Å². The minimum Gasteiger partial charge on any atom is -0.495 e. The lowest BCUT2D eigenvalue weighted by Crippen LogP contribution is -2.27. The molecule has 8 heteroatoms. The van der Waals surface area contributed by atoms with E-state index in [1.54, 1.807) is 23.1 Å². The van der Waals surface area contributed by atoms with Gasteiger partial charge in [0.05, 0.1) is 12.8 Å². The third-order valence-electron chi connectivity index (χ3n) is 4.13. The molecule has 26 heavy (non-hydrogen) atoms. The van der Waals surface area contributed by atoms with Crippen LogP contribution in [0.15, 0.2) is 34.7 Å². The van der Waals surface area contributed by atoms with Gasteiger partial charge in [-0.15, -0.1) is 0 Å². The monoisotopic (exact) mass is 358 g/mol. The number of carbonyl (C=O) groups is 3. The SMILES string of the molecule is COc1ccc(C(=O)N2CCCC2)cc1NC(=O)c1ccc(C(=O)O)o1. The molecule has 3 rings (SSSR count). The first-order valence-corrected chi connectivity index (χ1v) is 8.11. The molecule has 2 heterocycles. The molecule has 2 aromatic rings. The number of aromatic carboxylic acids is 1. The van der Waals surface area contributed by atoms with Gasteiger partial charge in [0, 0.05) is 18.7 Å². The predicted octanol–water partition coefficient (Wildman–Crippen LogP) is 2.47.